The van der Waals surface area contributed by atoms with E-state index in [0.29, 0.717) is 11.4 Å². The molecule has 0 spiro atoms. The van der Waals surface area contributed by atoms with E-state index in [1.54, 1.807) is 12.4 Å². The number of amides is 1. The maximum absolute atomic E-state index is 13.1. The number of fused-ring (bicyclic) bond motifs is 2. The molecule has 0 saturated carbocycles. The van der Waals surface area contributed by atoms with Crippen molar-refractivity contribution in [2.45, 2.75) is 51.6 Å². The molecule has 1 unspecified atom stereocenters. The molecule has 2 N–H and O–H groups in total. The van der Waals surface area contributed by atoms with Crippen LogP contribution >= 0.6 is 11.3 Å². The van der Waals surface area contributed by atoms with E-state index in [2.05, 4.69) is 56.7 Å². The van der Waals surface area contributed by atoms with Gasteiger partial charge in [0, 0.05) is 41.7 Å². The van der Waals surface area contributed by atoms with Crippen molar-refractivity contribution in [2.75, 3.05) is 11.4 Å². The minimum absolute atomic E-state index is 0.0441. The Labute approximate surface area is 190 Å². The smallest absolute Gasteiger partial charge is 0.263 e. The minimum atomic E-state index is -0.0441. The topological polar surface area (TPSA) is 87.0 Å². The number of nitrogens with one attached hydrogen (secondary N) is 2. The van der Waals surface area contributed by atoms with Gasteiger partial charge < -0.3 is 19.7 Å². The predicted molar refractivity (Wildman–Crippen MR) is 126 cm³/mol. The van der Waals surface area contributed by atoms with Crippen molar-refractivity contribution < 1.29 is 9.32 Å². The molecule has 8 heteroatoms. The molecule has 0 bridgehead atoms. The average Bonchev–Trinajstić information content (AvgIpc) is 3.56. The zero-order chi connectivity index (χ0) is 21.9. The van der Waals surface area contributed by atoms with Crippen molar-refractivity contribution in [3.8, 4) is 0 Å². The first-order chi connectivity index (χ1) is 15.7. The van der Waals surface area contributed by atoms with Gasteiger partial charge in [-0.05, 0) is 24.5 Å². The standard InChI is InChI=1S/C24H27N5O2S/c1-2-3-6-18(11-16-12-25-20-8-5-4-7-19(16)20)28-23(30)22-14-26-24(32-22)29-10-9-21-17(15-29)13-27-31-21/h4-5,7-8,12-14,18,25H,2-3,6,9-11,15H2,1H3,(H,28,30). The van der Waals surface area contributed by atoms with Crippen LogP contribution in [0.15, 0.2) is 47.4 Å². The van der Waals surface area contributed by atoms with Gasteiger partial charge in [-0.2, -0.15) is 0 Å². The number of aromatic amines is 1. The lowest BCUT2D eigenvalue weighted by Crippen LogP contribution is -2.36. The lowest BCUT2D eigenvalue weighted by molar-refractivity contribution is 0.0938. The molecule has 0 radical (unpaired) electrons. The van der Waals surface area contributed by atoms with Gasteiger partial charge in [0.15, 0.2) is 5.13 Å². The lowest BCUT2D eigenvalue weighted by atomic mass is 10.0. The van der Waals surface area contributed by atoms with E-state index in [1.165, 1.54) is 22.3 Å². The van der Waals surface area contributed by atoms with Crippen molar-refractivity contribution in [1.29, 1.82) is 0 Å². The van der Waals surface area contributed by atoms with Gasteiger partial charge in [-0.1, -0.05) is 54.5 Å². The van der Waals surface area contributed by atoms with Gasteiger partial charge in [-0.25, -0.2) is 4.98 Å². The Hall–Kier alpha value is -3.13. The number of unbranched alkanes of at least 4 members (excludes halogenated alkanes) is 1. The number of H-pyrrole nitrogens is 1. The summed E-state index contributed by atoms with van der Waals surface area (Å²) in [5, 5.41) is 9.25. The number of rotatable bonds is 8. The maximum Gasteiger partial charge on any atom is 0.263 e. The SMILES string of the molecule is CCCCC(Cc1c[nH]c2ccccc12)NC(=O)c1cnc(N2CCc3oncc3C2)s1. The van der Waals surface area contributed by atoms with Gasteiger partial charge >= 0.3 is 0 Å². The summed E-state index contributed by atoms with van der Waals surface area (Å²) < 4.78 is 5.27. The van der Waals surface area contributed by atoms with E-state index in [-0.39, 0.29) is 11.9 Å². The van der Waals surface area contributed by atoms with Crippen molar-refractivity contribution in [3.63, 3.8) is 0 Å². The molecule has 4 heterocycles. The fraction of sp³-hybridized carbons (Fsp3) is 0.375. The van der Waals surface area contributed by atoms with Crippen molar-refractivity contribution in [3.05, 3.63) is 64.6 Å². The van der Waals surface area contributed by atoms with E-state index in [9.17, 15) is 4.79 Å². The first-order valence-corrected chi connectivity index (χ1v) is 12.0. The van der Waals surface area contributed by atoms with Crippen molar-refractivity contribution in [1.82, 2.24) is 20.4 Å². The summed E-state index contributed by atoms with van der Waals surface area (Å²) >= 11 is 1.45. The van der Waals surface area contributed by atoms with Gasteiger partial charge in [0.1, 0.15) is 10.6 Å². The highest BCUT2D eigenvalue weighted by Crippen LogP contribution is 2.28. The molecule has 0 fully saturated rings. The monoisotopic (exact) mass is 449 g/mol. The fourth-order valence-electron chi connectivity index (χ4n) is 4.32. The second-order valence-electron chi connectivity index (χ2n) is 8.33. The molecule has 0 saturated heterocycles. The van der Waals surface area contributed by atoms with E-state index >= 15 is 0 Å². The fourth-order valence-corrected chi connectivity index (χ4v) is 5.16. The third-order valence-electron chi connectivity index (χ3n) is 6.07. The van der Waals surface area contributed by atoms with Gasteiger partial charge in [0.05, 0.1) is 18.9 Å². The molecule has 1 aliphatic rings. The third kappa shape index (κ3) is 4.27. The molecular weight excluding hydrogens is 422 g/mol. The van der Waals surface area contributed by atoms with E-state index in [4.69, 9.17) is 4.52 Å². The largest absolute Gasteiger partial charge is 0.361 e. The average molecular weight is 450 g/mol. The van der Waals surface area contributed by atoms with Crippen LogP contribution in [-0.2, 0) is 19.4 Å². The van der Waals surface area contributed by atoms with Crippen LogP contribution in [0.3, 0.4) is 0 Å². The van der Waals surface area contributed by atoms with Crippen LogP contribution in [0, 0.1) is 0 Å². The summed E-state index contributed by atoms with van der Waals surface area (Å²) in [7, 11) is 0. The van der Waals surface area contributed by atoms with E-state index < -0.39 is 0 Å². The summed E-state index contributed by atoms with van der Waals surface area (Å²) in [5.41, 5.74) is 3.47. The highest BCUT2D eigenvalue weighted by Gasteiger charge is 2.24. The molecule has 1 aliphatic heterocycles. The zero-order valence-corrected chi connectivity index (χ0v) is 19.0. The maximum atomic E-state index is 13.1. The number of anilines is 1. The number of carbonyl (C=O) groups excluding carboxylic acids is 1. The Kier molecular flexibility index (Phi) is 5.94. The number of aromatic nitrogens is 3. The van der Waals surface area contributed by atoms with E-state index in [1.807, 2.05) is 6.07 Å². The van der Waals surface area contributed by atoms with Crippen LogP contribution in [0.1, 0.15) is 52.7 Å². The van der Waals surface area contributed by atoms with Crippen molar-refractivity contribution in [2.24, 2.45) is 0 Å². The molecule has 1 atom stereocenters. The minimum Gasteiger partial charge on any atom is -0.361 e. The Bertz CT molecular complexity index is 1210. The molecule has 1 aromatic carbocycles. The first kappa shape index (κ1) is 20.8. The van der Waals surface area contributed by atoms with Gasteiger partial charge in [-0.3, -0.25) is 4.79 Å². The van der Waals surface area contributed by atoms with Gasteiger partial charge in [-0.15, -0.1) is 0 Å². The van der Waals surface area contributed by atoms with Crippen LogP contribution in [0.4, 0.5) is 5.13 Å². The lowest BCUT2D eigenvalue weighted by Gasteiger charge is -2.24. The summed E-state index contributed by atoms with van der Waals surface area (Å²) in [4.78, 5) is 23.8. The van der Waals surface area contributed by atoms with Crippen LogP contribution in [0.5, 0.6) is 0 Å². The summed E-state index contributed by atoms with van der Waals surface area (Å²) in [6.07, 6.45) is 10.3. The van der Waals surface area contributed by atoms with Crippen molar-refractivity contribution >= 4 is 33.3 Å². The number of hydrogen-bond donors (Lipinski definition) is 2. The molecular formula is C24H27N5O2S. The Balaban J connectivity index is 1.27. The molecule has 32 heavy (non-hydrogen) atoms. The highest BCUT2D eigenvalue weighted by atomic mass is 32.1. The number of benzene rings is 1. The van der Waals surface area contributed by atoms with Crippen LogP contribution in [0.2, 0.25) is 0 Å². The Morgan fingerprint density at radius 1 is 1.34 bits per heavy atom. The van der Waals surface area contributed by atoms with Crippen LogP contribution in [0.25, 0.3) is 10.9 Å². The zero-order valence-electron chi connectivity index (χ0n) is 18.1. The van der Waals surface area contributed by atoms with Gasteiger partial charge in [0.2, 0.25) is 0 Å². The second kappa shape index (κ2) is 9.16. The number of thiazole rings is 1. The predicted octanol–water partition coefficient (Wildman–Crippen LogP) is 4.71. The molecule has 4 aromatic rings. The molecule has 166 valence electrons. The number of nitrogens with zero attached hydrogens (tertiary/aromatic N) is 3. The Morgan fingerprint density at radius 2 is 2.25 bits per heavy atom. The second-order valence-corrected chi connectivity index (χ2v) is 9.34. The summed E-state index contributed by atoms with van der Waals surface area (Å²) in [5.74, 6) is 0.907. The number of hydrogen-bond acceptors (Lipinski definition) is 6. The van der Waals surface area contributed by atoms with E-state index in [0.717, 1.165) is 60.6 Å². The quantitative estimate of drug-likeness (QED) is 0.407. The molecule has 0 aliphatic carbocycles. The molecule has 5 rings (SSSR count). The summed E-state index contributed by atoms with van der Waals surface area (Å²) in [6.45, 7) is 3.71. The molecule has 7 nitrogen and oxygen atoms in total. The number of para-hydroxylation sites is 1. The van der Waals surface area contributed by atoms with Crippen LogP contribution < -0.4 is 10.2 Å². The summed E-state index contributed by atoms with van der Waals surface area (Å²) in [6, 6.07) is 8.39. The molecule has 3 aromatic heterocycles. The van der Waals surface area contributed by atoms with Crippen LogP contribution in [-0.4, -0.2) is 33.6 Å². The highest BCUT2D eigenvalue weighted by molar-refractivity contribution is 7.17. The normalized spacial score (nSPS) is 14.5. The number of carbonyl (C=O) groups is 1. The first-order valence-electron chi connectivity index (χ1n) is 11.2. The third-order valence-corrected chi connectivity index (χ3v) is 7.13. The Morgan fingerprint density at radius 3 is 3.16 bits per heavy atom. The van der Waals surface area contributed by atoms with Gasteiger partial charge in [0.25, 0.3) is 5.91 Å². The molecule has 1 amide bonds.